The summed E-state index contributed by atoms with van der Waals surface area (Å²) in [5.74, 6) is -0.848. The van der Waals surface area contributed by atoms with Crippen LogP contribution in [0.2, 0.25) is 0 Å². The molecule has 0 spiro atoms. The van der Waals surface area contributed by atoms with Crippen molar-refractivity contribution < 1.29 is 18.7 Å². The lowest BCUT2D eigenvalue weighted by Gasteiger charge is -2.29. The predicted molar refractivity (Wildman–Crippen MR) is 93.3 cm³/mol. The summed E-state index contributed by atoms with van der Waals surface area (Å²) >= 11 is 0. The van der Waals surface area contributed by atoms with Crippen LogP contribution >= 0.6 is 0 Å². The Hall–Kier alpha value is -2.90. The van der Waals surface area contributed by atoms with Gasteiger partial charge in [0.1, 0.15) is 11.4 Å². The van der Waals surface area contributed by atoms with E-state index in [-0.39, 0.29) is 5.69 Å². The summed E-state index contributed by atoms with van der Waals surface area (Å²) in [5, 5.41) is 9.53. The molecule has 0 saturated carbocycles. The van der Waals surface area contributed by atoms with Gasteiger partial charge in [0.15, 0.2) is 5.69 Å². The van der Waals surface area contributed by atoms with Gasteiger partial charge in [-0.05, 0) is 45.4 Å². The zero-order valence-corrected chi connectivity index (χ0v) is 14.9. The Balaban J connectivity index is 1.71. The van der Waals surface area contributed by atoms with Crippen LogP contribution in [0, 0.1) is 5.82 Å². The lowest BCUT2D eigenvalue weighted by Crippen LogP contribution is -2.40. The van der Waals surface area contributed by atoms with Gasteiger partial charge in [-0.3, -0.25) is 9.89 Å². The molecular formula is C18H21FN4O3. The number of ether oxygens (including phenoxy) is 1. The van der Waals surface area contributed by atoms with E-state index in [9.17, 15) is 14.0 Å². The molecule has 0 fully saturated rings. The molecule has 1 aromatic heterocycles. The minimum atomic E-state index is -0.568. The third-order valence-corrected chi connectivity index (χ3v) is 3.88. The molecule has 138 valence electrons. The molecule has 26 heavy (non-hydrogen) atoms. The van der Waals surface area contributed by atoms with E-state index in [4.69, 9.17) is 4.74 Å². The number of fused-ring (bicyclic) bond motifs is 1. The standard InChI is InChI=1S/C18H21FN4O3/c1-18(2,3)26-17(25)23-8-7-13-14(10-23)21-22-15(13)16(24)20-12-6-4-5-11(19)9-12/h4-6,9H,7-8,10H2,1-3H3,(H,20,24)(H,21,22). The second kappa shape index (κ2) is 6.78. The molecule has 1 aliphatic rings. The maximum atomic E-state index is 13.2. The van der Waals surface area contributed by atoms with Crippen LogP contribution in [0.3, 0.4) is 0 Å². The van der Waals surface area contributed by atoms with Crippen LogP contribution in [0.4, 0.5) is 14.9 Å². The van der Waals surface area contributed by atoms with E-state index in [2.05, 4.69) is 15.5 Å². The van der Waals surface area contributed by atoms with Crippen molar-refractivity contribution in [3.05, 3.63) is 47.0 Å². The van der Waals surface area contributed by atoms with Gasteiger partial charge >= 0.3 is 6.09 Å². The molecule has 0 unspecified atom stereocenters. The summed E-state index contributed by atoms with van der Waals surface area (Å²) in [6, 6.07) is 5.66. The molecule has 0 bridgehead atoms. The molecule has 7 nitrogen and oxygen atoms in total. The number of H-pyrrole nitrogens is 1. The van der Waals surface area contributed by atoms with Gasteiger partial charge in [-0.2, -0.15) is 5.10 Å². The quantitative estimate of drug-likeness (QED) is 0.861. The van der Waals surface area contributed by atoms with Crippen LogP contribution in [0.1, 0.15) is 42.5 Å². The number of hydrogen-bond acceptors (Lipinski definition) is 4. The number of carbonyl (C=O) groups is 2. The van der Waals surface area contributed by atoms with Crippen molar-refractivity contribution in [1.29, 1.82) is 0 Å². The van der Waals surface area contributed by atoms with Crippen LogP contribution in [0.25, 0.3) is 0 Å². The Morgan fingerprint density at radius 3 is 2.81 bits per heavy atom. The highest BCUT2D eigenvalue weighted by molar-refractivity contribution is 6.04. The number of benzene rings is 1. The first-order valence-electron chi connectivity index (χ1n) is 8.34. The number of anilines is 1. The minimum Gasteiger partial charge on any atom is -0.444 e. The Kier molecular flexibility index (Phi) is 4.67. The Morgan fingerprint density at radius 2 is 2.12 bits per heavy atom. The fraction of sp³-hybridized carbons (Fsp3) is 0.389. The topological polar surface area (TPSA) is 87.3 Å². The summed E-state index contributed by atoms with van der Waals surface area (Å²) in [4.78, 5) is 26.2. The van der Waals surface area contributed by atoms with Crippen LogP contribution < -0.4 is 5.32 Å². The first kappa shape index (κ1) is 17.9. The van der Waals surface area contributed by atoms with Crippen LogP contribution in [0.15, 0.2) is 24.3 Å². The first-order chi connectivity index (χ1) is 12.2. The Bertz CT molecular complexity index is 841. The fourth-order valence-corrected chi connectivity index (χ4v) is 2.74. The maximum Gasteiger partial charge on any atom is 0.410 e. The average Bonchev–Trinajstić information content (AvgIpc) is 2.96. The molecule has 1 aromatic carbocycles. The summed E-state index contributed by atoms with van der Waals surface area (Å²) in [5.41, 5.74) is 1.51. The molecule has 2 aromatic rings. The largest absolute Gasteiger partial charge is 0.444 e. The fourth-order valence-electron chi connectivity index (χ4n) is 2.74. The molecule has 0 radical (unpaired) electrons. The number of amides is 2. The highest BCUT2D eigenvalue weighted by atomic mass is 19.1. The summed E-state index contributed by atoms with van der Waals surface area (Å²) < 4.78 is 18.6. The van der Waals surface area contributed by atoms with Gasteiger partial charge in [0.25, 0.3) is 5.91 Å². The molecule has 0 saturated heterocycles. The van der Waals surface area contributed by atoms with Crippen molar-refractivity contribution in [2.75, 3.05) is 11.9 Å². The Morgan fingerprint density at radius 1 is 1.35 bits per heavy atom. The summed E-state index contributed by atoms with van der Waals surface area (Å²) in [7, 11) is 0. The molecule has 2 N–H and O–H groups in total. The Labute approximate surface area is 150 Å². The molecule has 3 rings (SSSR count). The van der Waals surface area contributed by atoms with Crippen molar-refractivity contribution in [1.82, 2.24) is 15.1 Å². The highest BCUT2D eigenvalue weighted by Crippen LogP contribution is 2.23. The van der Waals surface area contributed by atoms with Gasteiger partial charge in [-0.1, -0.05) is 6.07 Å². The van der Waals surface area contributed by atoms with E-state index in [1.54, 1.807) is 11.0 Å². The normalized spacial score (nSPS) is 13.9. The second-order valence-electron chi connectivity index (χ2n) is 7.15. The van der Waals surface area contributed by atoms with Crippen LogP contribution in [-0.2, 0) is 17.7 Å². The smallest absolute Gasteiger partial charge is 0.410 e. The number of nitrogens with one attached hydrogen (secondary N) is 2. The van der Waals surface area contributed by atoms with Gasteiger partial charge in [0, 0.05) is 17.8 Å². The van der Waals surface area contributed by atoms with Crippen LogP contribution in [0.5, 0.6) is 0 Å². The van der Waals surface area contributed by atoms with Crippen molar-refractivity contribution >= 4 is 17.7 Å². The van der Waals surface area contributed by atoms with Gasteiger partial charge in [-0.15, -0.1) is 0 Å². The minimum absolute atomic E-state index is 0.257. The molecule has 8 heteroatoms. The van der Waals surface area contributed by atoms with Crippen LogP contribution in [-0.4, -0.2) is 39.2 Å². The number of rotatable bonds is 2. The van der Waals surface area contributed by atoms with Crippen molar-refractivity contribution in [2.45, 2.75) is 39.3 Å². The lowest BCUT2D eigenvalue weighted by molar-refractivity contribution is 0.0221. The van der Waals surface area contributed by atoms with E-state index in [0.29, 0.717) is 30.9 Å². The summed E-state index contributed by atoms with van der Waals surface area (Å²) in [6.45, 7) is 6.16. The van der Waals surface area contributed by atoms with Gasteiger partial charge < -0.3 is 15.0 Å². The maximum absolute atomic E-state index is 13.2. The molecule has 0 atom stereocenters. The average molecular weight is 360 g/mol. The zero-order chi connectivity index (χ0) is 18.9. The van der Waals surface area contributed by atoms with Crippen molar-refractivity contribution in [3.8, 4) is 0 Å². The molecule has 2 heterocycles. The van der Waals surface area contributed by atoms with Gasteiger partial charge in [0.2, 0.25) is 0 Å². The number of nitrogens with zero attached hydrogens (tertiary/aromatic N) is 2. The van der Waals surface area contributed by atoms with E-state index < -0.39 is 23.4 Å². The van der Waals surface area contributed by atoms with E-state index in [1.807, 2.05) is 20.8 Å². The van der Waals surface area contributed by atoms with Gasteiger partial charge in [-0.25, -0.2) is 9.18 Å². The molecular weight excluding hydrogens is 339 g/mol. The number of aromatic nitrogens is 2. The summed E-state index contributed by atoms with van der Waals surface area (Å²) in [6.07, 6.45) is 0.0836. The molecule has 0 aliphatic carbocycles. The number of carbonyl (C=O) groups excluding carboxylic acids is 2. The third-order valence-electron chi connectivity index (χ3n) is 3.88. The zero-order valence-electron chi connectivity index (χ0n) is 14.9. The first-order valence-corrected chi connectivity index (χ1v) is 8.34. The van der Waals surface area contributed by atoms with Gasteiger partial charge in [0.05, 0.1) is 12.2 Å². The van der Waals surface area contributed by atoms with Crippen molar-refractivity contribution in [3.63, 3.8) is 0 Å². The SMILES string of the molecule is CC(C)(C)OC(=O)N1CCc2c(C(=O)Nc3cccc(F)c3)n[nH]c2C1. The van der Waals surface area contributed by atoms with E-state index in [0.717, 1.165) is 5.56 Å². The monoisotopic (exact) mass is 360 g/mol. The number of aromatic amines is 1. The van der Waals surface area contributed by atoms with E-state index >= 15 is 0 Å². The lowest BCUT2D eigenvalue weighted by atomic mass is 10.0. The molecule has 1 aliphatic heterocycles. The molecule has 2 amide bonds. The number of halogens is 1. The highest BCUT2D eigenvalue weighted by Gasteiger charge is 2.30. The second-order valence-corrected chi connectivity index (χ2v) is 7.15. The third kappa shape index (κ3) is 4.01. The predicted octanol–water partition coefficient (Wildman–Crippen LogP) is 3.09. The number of hydrogen-bond donors (Lipinski definition) is 2. The van der Waals surface area contributed by atoms with E-state index in [1.165, 1.54) is 18.2 Å². The van der Waals surface area contributed by atoms with Crippen molar-refractivity contribution in [2.24, 2.45) is 0 Å².